The van der Waals surface area contributed by atoms with Crippen LogP contribution in [0, 0.1) is 0 Å². The summed E-state index contributed by atoms with van der Waals surface area (Å²) in [5.74, 6) is -0.135. The molecule has 1 unspecified atom stereocenters. The second-order valence-corrected chi connectivity index (χ2v) is 5.80. The Balaban J connectivity index is 1.99. The number of halogens is 2. The monoisotopic (exact) mass is 316 g/mol. The van der Waals surface area contributed by atoms with Crippen molar-refractivity contribution in [2.45, 2.75) is 38.0 Å². The van der Waals surface area contributed by atoms with Crippen LogP contribution in [0.15, 0.2) is 18.2 Å². The highest BCUT2D eigenvalue weighted by molar-refractivity contribution is 6.33. The number of hydrogen-bond donors (Lipinski definition) is 2. The number of rotatable bonds is 4. The molecule has 1 amide bonds. The predicted molar refractivity (Wildman–Crippen MR) is 80.0 cm³/mol. The number of ether oxygens (including phenoxy) is 1. The second-order valence-electron chi connectivity index (χ2n) is 4.96. The van der Waals surface area contributed by atoms with Gasteiger partial charge in [0.15, 0.2) is 0 Å². The summed E-state index contributed by atoms with van der Waals surface area (Å²) in [7, 11) is 0. The van der Waals surface area contributed by atoms with Crippen molar-refractivity contribution < 1.29 is 9.53 Å². The number of benzene rings is 1. The van der Waals surface area contributed by atoms with Gasteiger partial charge in [-0.3, -0.25) is 4.79 Å². The van der Waals surface area contributed by atoms with Crippen molar-refractivity contribution >= 4 is 29.1 Å². The fraction of sp³-hybridized carbons (Fsp3) is 0.500. The zero-order chi connectivity index (χ0) is 14.7. The first-order valence-corrected chi connectivity index (χ1v) is 7.37. The van der Waals surface area contributed by atoms with E-state index < -0.39 is 6.10 Å². The molecule has 4 nitrogen and oxygen atoms in total. The van der Waals surface area contributed by atoms with Crippen LogP contribution < -0.4 is 11.1 Å². The average Bonchev–Trinajstić information content (AvgIpc) is 2.90. The van der Waals surface area contributed by atoms with Crippen LogP contribution in [0.4, 0.5) is 0 Å². The third kappa shape index (κ3) is 3.64. The van der Waals surface area contributed by atoms with Gasteiger partial charge in [0.25, 0.3) is 0 Å². The summed E-state index contributed by atoms with van der Waals surface area (Å²) in [5, 5.41) is 4.07. The Kier molecular flexibility index (Phi) is 5.27. The van der Waals surface area contributed by atoms with E-state index in [0.717, 1.165) is 12.0 Å². The molecule has 1 aromatic carbocycles. The van der Waals surface area contributed by atoms with E-state index in [2.05, 4.69) is 5.32 Å². The lowest BCUT2D eigenvalue weighted by Crippen LogP contribution is -2.37. The van der Waals surface area contributed by atoms with E-state index in [1.165, 1.54) is 0 Å². The van der Waals surface area contributed by atoms with Gasteiger partial charge in [-0.2, -0.15) is 0 Å². The van der Waals surface area contributed by atoms with E-state index in [0.29, 0.717) is 23.0 Å². The molecule has 1 saturated heterocycles. The molecule has 110 valence electrons. The number of hydrogen-bond acceptors (Lipinski definition) is 3. The molecule has 20 heavy (non-hydrogen) atoms. The Labute approximate surface area is 128 Å². The SMILES string of the molecule is CC(NC(=O)[C@@H]1CC[C@H](CN)O1)c1cc(Cl)ccc1Cl. The molecule has 2 rings (SSSR count). The molecular formula is C14H18Cl2N2O2. The van der Waals surface area contributed by atoms with E-state index in [1.807, 2.05) is 6.92 Å². The molecule has 0 aromatic heterocycles. The molecule has 0 spiro atoms. The Morgan fingerprint density at radius 2 is 2.25 bits per heavy atom. The minimum Gasteiger partial charge on any atom is -0.364 e. The van der Waals surface area contributed by atoms with E-state index in [9.17, 15) is 4.79 Å². The van der Waals surface area contributed by atoms with Gasteiger partial charge in [-0.25, -0.2) is 0 Å². The minimum atomic E-state index is -0.427. The lowest BCUT2D eigenvalue weighted by atomic mass is 10.1. The number of nitrogens with one attached hydrogen (secondary N) is 1. The zero-order valence-electron chi connectivity index (χ0n) is 11.2. The molecule has 3 atom stereocenters. The molecule has 0 saturated carbocycles. The van der Waals surface area contributed by atoms with E-state index in [4.69, 9.17) is 33.7 Å². The maximum atomic E-state index is 12.1. The van der Waals surface area contributed by atoms with Crippen LogP contribution in [-0.4, -0.2) is 24.7 Å². The minimum absolute atomic E-state index is 0.0178. The molecule has 1 aliphatic heterocycles. The van der Waals surface area contributed by atoms with Gasteiger partial charge in [-0.05, 0) is 43.5 Å². The van der Waals surface area contributed by atoms with Crippen molar-refractivity contribution in [3.05, 3.63) is 33.8 Å². The Morgan fingerprint density at radius 1 is 1.50 bits per heavy atom. The summed E-state index contributed by atoms with van der Waals surface area (Å²) in [4.78, 5) is 12.1. The van der Waals surface area contributed by atoms with Gasteiger partial charge in [-0.15, -0.1) is 0 Å². The summed E-state index contributed by atoms with van der Waals surface area (Å²) in [6.07, 6.45) is 1.07. The molecule has 1 aliphatic rings. The number of carbonyl (C=O) groups excluding carboxylic acids is 1. The molecule has 3 N–H and O–H groups in total. The fourth-order valence-electron chi connectivity index (χ4n) is 2.30. The summed E-state index contributed by atoms with van der Waals surface area (Å²) >= 11 is 12.1. The Hall–Kier alpha value is -0.810. The Bertz CT molecular complexity index is 496. The number of carbonyl (C=O) groups is 1. The highest BCUT2D eigenvalue weighted by Gasteiger charge is 2.30. The molecule has 0 aliphatic carbocycles. The standard InChI is InChI=1S/C14H18Cl2N2O2/c1-8(11-6-9(15)2-4-12(11)16)18-14(19)13-5-3-10(7-17)20-13/h2,4,6,8,10,13H,3,5,7,17H2,1H3,(H,18,19)/t8?,10-,13+/m1/s1. The van der Waals surface area contributed by atoms with Crippen molar-refractivity contribution in [3.63, 3.8) is 0 Å². The highest BCUT2D eigenvalue weighted by Crippen LogP contribution is 2.27. The van der Waals surface area contributed by atoms with Gasteiger partial charge in [0.05, 0.1) is 12.1 Å². The largest absolute Gasteiger partial charge is 0.364 e. The van der Waals surface area contributed by atoms with Crippen molar-refractivity contribution in [3.8, 4) is 0 Å². The van der Waals surface area contributed by atoms with Gasteiger partial charge >= 0.3 is 0 Å². The highest BCUT2D eigenvalue weighted by atomic mass is 35.5. The predicted octanol–water partition coefficient (Wildman–Crippen LogP) is 2.68. The fourth-order valence-corrected chi connectivity index (χ4v) is 2.76. The smallest absolute Gasteiger partial charge is 0.249 e. The number of nitrogens with two attached hydrogens (primary N) is 1. The summed E-state index contributed by atoms with van der Waals surface area (Å²) in [6, 6.07) is 4.97. The van der Waals surface area contributed by atoms with Crippen LogP contribution in [0.2, 0.25) is 10.0 Å². The molecule has 6 heteroatoms. The quantitative estimate of drug-likeness (QED) is 0.897. The third-order valence-corrected chi connectivity index (χ3v) is 4.03. The maximum Gasteiger partial charge on any atom is 0.249 e. The topological polar surface area (TPSA) is 64.4 Å². The van der Waals surface area contributed by atoms with E-state index in [-0.39, 0.29) is 18.1 Å². The van der Waals surface area contributed by atoms with Crippen LogP contribution in [0.3, 0.4) is 0 Å². The zero-order valence-corrected chi connectivity index (χ0v) is 12.7. The molecule has 1 heterocycles. The van der Waals surface area contributed by atoms with E-state index in [1.54, 1.807) is 18.2 Å². The molecular weight excluding hydrogens is 299 g/mol. The van der Waals surface area contributed by atoms with Gasteiger partial charge in [0, 0.05) is 16.6 Å². The van der Waals surface area contributed by atoms with Crippen molar-refractivity contribution in [2.24, 2.45) is 5.73 Å². The molecule has 1 fully saturated rings. The van der Waals surface area contributed by atoms with Crippen molar-refractivity contribution in [2.75, 3.05) is 6.54 Å². The van der Waals surface area contributed by atoms with Gasteiger partial charge < -0.3 is 15.8 Å². The summed E-state index contributed by atoms with van der Waals surface area (Å²) in [5.41, 5.74) is 6.33. The van der Waals surface area contributed by atoms with Crippen molar-refractivity contribution in [1.29, 1.82) is 0 Å². The Morgan fingerprint density at radius 3 is 2.90 bits per heavy atom. The first-order chi connectivity index (χ1) is 9.51. The van der Waals surface area contributed by atoms with Gasteiger partial charge in [0.2, 0.25) is 5.91 Å². The first kappa shape index (κ1) is 15.6. The van der Waals surface area contributed by atoms with Crippen LogP contribution in [0.1, 0.15) is 31.4 Å². The second kappa shape index (κ2) is 6.76. The third-order valence-electron chi connectivity index (χ3n) is 3.45. The van der Waals surface area contributed by atoms with E-state index >= 15 is 0 Å². The van der Waals surface area contributed by atoms with Crippen LogP contribution >= 0.6 is 23.2 Å². The van der Waals surface area contributed by atoms with Gasteiger partial charge in [-0.1, -0.05) is 23.2 Å². The molecule has 0 radical (unpaired) electrons. The normalized spacial score (nSPS) is 23.6. The first-order valence-electron chi connectivity index (χ1n) is 6.62. The van der Waals surface area contributed by atoms with Crippen LogP contribution in [-0.2, 0) is 9.53 Å². The van der Waals surface area contributed by atoms with Gasteiger partial charge in [0.1, 0.15) is 6.10 Å². The van der Waals surface area contributed by atoms with Crippen LogP contribution in [0.5, 0.6) is 0 Å². The summed E-state index contributed by atoms with van der Waals surface area (Å²) in [6.45, 7) is 2.31. The average molecular weight is 317 g/mol. The van der Waals surface area contributed by atoms with Crippen molar-refractivity contribution in [1.82, 2.24) is 5.32 Å². The lowest BCUT2D eigenvalue weighted by molar-refractivity contribution is -0.132. The number of amides is 1. The summed E-state index contributed by atoms with van der Waals surface area (Å²) < 4.78 is 5.57. The maximum absolute atomic E-state index is 12.1. The molecule has 1 aromatic rings. The van der Waals surface area contributed by atoms with Crippen LogP contribution in [0.25, 0.3) is 0 Å². The lowest BCUT2D eigenvalue weighted by Gasteiger charge is -2.19. The molecule has 0 bridgehead atoms.